The maximum atomic E-state index is 12.8. The van der Waals surface area contributed by atoms with Crippen LogP contribution in [-0.2, 0) is 0 Å². The van der Waals surface area contributed by atoms with Crippen LogP contribution in [0.1, 0.15) is 18.0 Å². The number of nitrogens with zero attached hydrogens (tertiary/aromatic N) is 1. The molecule has 1 heterocycles. The Hall–Kier alpha value is -0.580. The molecule has 1 aromatic carbocycles. The molecule has 18 heavy (non-hydrogen) atoms. The molecule has 4 heteroatoms. The van der Waals surface area contributed by atoms with Gasteiger partial charge in [0.25, 0.3) is 0 Å². The highest BCUT2D eigenvalue weighted by molar-refractivity contribution is 7.98. The lowest BCUT2D eigenvalue weighted by atomic mass is 10.0. The van der Waals surface area contributed by atoms with Crippen molar-refractivity contribution in [1.29, 1.82) is 0 Å². The topological polar surface area (TPSA) is 15.3 Å². The number of alkyl halides is 1. The van der Waals surface area contributed by atoms with Crippen LogP contribution in [0.4, 0.5) is 4.39 Å². The maximum Gasteiger partial charge on any atom is 0.0912 e. The molecule has 0 bridgehead atoms. The molecule has 2 rings (SSSR count). The van der Waals surface area contributed by atoms with Gasteiger partial charge in [0.1, 0.15) is 0 Å². The van der Waals surface area contributed by atoms with E-state index in [9.17, 15) is 4.39 Å². The van der Waals surface area contributed by atoms with Gasteiger partial charge in [0.15, 0.2) is 0 Å². The summed E-state index contributed by atoms with van der Waals surface area (Å²) >= 11 is 1.74. The summed E-state index contributed by atoms with van der Waals surface area (Å²) in [6, 6.07) is 8.79. The minimum absolute atomic E-state index is 0.230. The predicted molar refractivity (Wildman–Crippen MR) is 76.0 cm³/mol. The number of halogens is 1. The number of nitrogens with one attached hydrogen (secondary N) is 1. The molecule has 100 valence electrons. The lowest BCUT2D eigenvalue weighted by molar-refractivity contribution is 0.157. The SMILES string of the molecule is CSc1ccc([C@@H](CCF)N2CCNCC2)cc1. The van der Waals surface area contributed by atoms with E-state index in [0.717, 1.165) is 26.2 Å². The van der Waals surface area contributed by atoms with Crippen molar-refractivity contribution < 1.29 is 4.39 Å². The van der Waals surface area contributed by atoms with Crippen LogP contribution < -0.4 is 5.32 Å². The second-order valence-electron chi connectivity index (χ2n) is 4.55. The third kappa shape index (κ3) is 3.46. The normalized spacial score (nSPS) is 18.8. The first-order valence-electron chi connectivity index (χ1n) is 6.50. The number of hydrogen-bond donors (Lipinski definition) is 1. The molecule has 1 aliphatic heterocycles. The van der Waals surface area contributed by atoms with E-state index in [0.29, 0.717) is 6.42 Å². The second kappa shape index (κ2) is 7.12. The summed E-state index contributed by atoms with van der Waals surface area (Å²) < 4.78 is 12.8. The molecule has 1 saturated heterocycles. The van der Waals surface area contributed by atoms with Crippen molar-refractivity contribution in [3.05, 3.63) is 29.8 Å². The first-order valence-corrected chi connectivity index (χ1v) is 7.72. The van der Waals surface area contributed by atoms with Crippen LogP contribution in [0.15, 0.2) is 29.2 Å². The van der Waals surface area contributed by atoms with E-state index in [1.54, 1.807) is 11.8 Å². The van der Waals surface area contributed by atoms with Crippen LogP contribution >= 0.6 is 11.8 Å². The molecule has 0 amide bonds. The minimum atomic E-state index is -0.251. The average Bonchev–Trinajstić information content (AvgIpc) is 2.46. The van der Waals surface area contributed by atoms with Crippen molar-refractivity contribution in [2.24, 2.45) is 0 Å². The Kier molecular flexibility index (Phi) is 5.47. The van der Waals surface area contributed by atoms with Crippen LogP contribution in [0.3, 0.4) is 0 Å². The highest BCUT2D eigenvalue weighted by Crippen LogP contribution is 2.26. The number of hydrogen-bond acceptors (Lipinski definition) is 3. The molecular formula is C14H21FN2S. The van der Waals surface area contributed by atoms with Gasteiger partial charge in [0.05, 0.1) is 6.67 Å². The highest BCUT2D eigenvalue weighted by atomic mass is 32.2. The molecule has 0 spiro atoms. The smallest absolute Gasteiger partial charge is 0.0912 e. The third-order valence-electron chi connectivity index (χ3n) is 3.48. The fraction of sp³-hybridized carbons (Fsp3) is 0.571. The summed E-state index contributed by atoms with van der Waals surface area (Å²) in [4.78, 5) is 3.66. The average molecular weight is 268 g/mol. The molecule has 2 nitrogen and oxygen atoms in total. The van der Waals surface area contributed by atoms with Gasteiger partial charge in [-0.2, -0.15) is 0 Å². The maximum absolute atomic E-state index is 12.8. The predicted octanol–water partition coefficient (Wildman–Crippen LogP) is 2.71. The molecule has 0 aliphatic carbocycles. The Morgan fingerprint density at radius 3 is 2.50 bits per heavy atom. The van der Waals surface area contributed by atoms with E-state index in [1.807, 2.05) is 0 Å². The van der Waals surface area contributed by atoms with Gasteiger partial charge in [0.2, 0.25) is 0 Å². The summed E-state index contributed by atoms with van der Waals surface area (Å²) in [6.07, 6.45) is 2.67. The van der Waals surface area contributed by atoms with E-state index >= 15 is 0 Å². The van der Waals surface area contributed by atoms with Crippen LogP contribution in [0.2, 0.25) is 0 Å². The van der Waals surface area contributed by atoms with Gasteiger partial charge in [-0.1, -0.05) is 12.1 Å². The van der Waals surface area contributed by atoms with E-state index in [4.69, 9.17) is 0 Å². The zero-order valence-corrected chi connectivity index (χ0v) is 11.7. The summed E-state index contributed by atoms with van der Waals surface area (Å²) in [5, 5.41) is 3.34. The van der Waals surface area contributed by atoms with Gasteiger partial charge in [-0.25, -0.2) is 0 Å². The molecular weight excluding hydrogens is 247 g/mol. The molecule has 1 aromatic rings. The van der Waals surface area contributed by atoms with Crippen molar-refractivity contribution >= 4 is 11.8 Å². The van der Waals surface area contributed by atoms with E-state index in [2.05, 4.69) is 40.7 Å². The summed E-state index contributed by atoms with van der Waals surface area (Å²) in [5.74, 6) is 0. The summed E-state index contributed by atoms with van der Waals surface area (Å²) in [7, 11) is 0. The first-order chi connectivity index (χ1) is 8.85. The largest absolute Gasteiger partial charge is 0.314 e. The molecule has 1 atom stereocenters. The molecule has 1 fully saturated rings. The number of benzene rings is 1. The molecule has 1 aliphatic rings. The Morgan fingerprint density at radius 2 is 1.94 bits per heavy atom. The molecule has 0 saturated carbocycles. The Labute approximate surface area is 113 Å². The van der Waals surface area contributed by atoms with Gasteiger partial charge >= 0.3 is 0 Å². The molecule has 0 radical (unpaired) electrons. The minimum Gasteiger partial charge on any atom is -0.314 e. The second-order valence-corrected chi connectivity index (χ2v) is 5.43. The molecule has 0 aromatic heterocycles. The van der Waals surface area contributed by atoms with Crippen LogP contribution in [-0.4, -0.2) is 44.0 Å². The van der Waals surface area contributed by atoms with Gasteiger partial charge < -0.3 is 5.32 Å². The zero-order valence-electron chi connectivity index (χ0n) is 10.9. The summed E-state index contributed by atoms with van der Waals surface area (Å²) in [6.45, 7) is 3.78. The van der Waals surface area contributed by atoms with Gasteiger partial charge in [0, 0.05) is 37.1 Å². The van der Waals surface area contributed by atoms with E-state index < -0.39 is 0 Å². The monoisotopic (exact) mass is 268 g/mol. The fourth-order valence-electron chi connectivity index (χ4n) is 2.48. The van der Waals surface area contributed by atoms with Gasteiger partial charge in [-0.15, -0.1) is 11.8 Å². The number of piperazine rings is 1. The Bertz CT molecular complexity index is 349. The quantitative estimate of drug-likeness (QED) is 0.827. The zero-order chi connectivity index (χ0) is 12.8. The summed E-state index contributed by atoms with van der Waals surface area (Å²) in [5.41, 5.74) is 1.24. The highest BCUT2D eigenvalue weighted by Gasteiger charge is 2.21. The van der Waals surface area contributed by atoms with Crippen molar-refractivity contribution in [3.63, 3.8) is 0 Å². The van der Waals surface area contributed by atoms with Crippen molar-refractivity contribution in [2.75, 3.05) is 39.1 Å². The van der Waals surface area contributed by atoms with E-state index in [1.165, 1.54) is 10.5 Å². The van der Waals surface area contributed by atoms with Crippen molar-refractivity contribution in [2.45, 2.75) is 17.4 Å². The number of thioether (sulfide) groups is 1. The number of rotatable bonds is 5. The van der Waals surface area contributed by atoms with E-state index in [-0.39, 0.29) is 12.7 Å². The molecule has 0 unspecified atom stereocenters. The van der Waals surface area contributed by atoms with Crippen LogP contribution in [0.5, 0.6) is 0 Å². The lowest BCUT2D eigenvalue weighted by Gasteiger charge is -2.35. The van der Waals surface area contributed by atoms with Gasteiger partial charge in [-0.05, 0) is 30.4 Å². The van der Waals surface area contributed by atoms with Crippen LogP contribution in [0.25, 0.3) is 0 Å². The van der Waals surface area contributed by atoms with Crippen molar-refractivity contribution in [1.82, 2.24) is 10.2 Å². The first kappa shape index (κ1) is 13.8. The Morgan fingerprint density at radius 1 is 1.28 bits per heavy atom. The lowest BCUT2D eigenvalue weighted by Crippen LogP contribution is -2.45. The standard InChI is InChI=1S/C14H21FN2S/c1-18-13-4-2-12(3-5-13)14(6-7-15)17-10-8-16-9-11-17/h2-5,14,16H,6-11H2,1H3/t14-/m1/s1. The van der Waals surface area contributed by atoms with Crippen molar-refractivity contribution in [3.8, 4) is 0 Å². The van der Waals surface area contributed by atoms with Crippen LogP contribution in [0, 0.1) is 0 Å². The fourth-order valence-corrected chi connectivity index (χ4v) is 2.89. The van der Waals surface area contributed by atoms with Gasteiger partial charge in [-0.3, -0.25) is 9.29 Å². The molecule has 1 N–H and O–H groups in total. The third-order valence-corrected chi connectivity index (χ3v) is 4.22. The Balaban J connectivity index is 2.11.